The quantitative estimate of drug-likeness (QED) is 0.514. The van der Waals surface area contributed by atoms with Crippen molar-refractivity contribution in [2.24, 2.45) is 0 Å². The Bertz CT molecular complexity index is 1280. The largest absolute Gasteiger partial charge is 0.323 e. The minimum absolute atomic E-state index is 0.159. The molecule has 2 aliphatic heterocycles. The standard InChI is InChI=1S/C27H26FN3O2S/c1-18-7-6-8-21(15-18)29-25(33)31-17-26(2,3)34-27(31)22-9-4-5-10-23(22)30(24(27)32)16-19-11-13-20(28)14-12-19/h4-15H,16-17H2,1-3H3,(H,29,33)/t27-/m1/s1. The highest BCUT2D eigenvalue weighted by Crippen LogP contribution is 2.59. The van der Waals surface area contributed by atoms with Gasteiger partial charge >= 0.3 is 6.03 Å². The zero-order valence-corrected chi connectivity index (χ0v) is 20.2. The fourth-order valence-corrected chi connectivity index (χ4v) is 6.53. The van der Waals surface area contributed by atoms with E-state index < -0.39 is 4.87 Å². The van der Waals surface area contributed by atoms with Gasteiger partial charge in [0.15, 0.2) is 4.87 Å². The van der Waals surface area contributed by atoms with E-state index in [1.54, 1.807) is 21.9 Å². The van der Waals surface area contributed by atoms with E-state index in [9.17, 15) is 14.0 Å². The highest BCUT2D eigenvalue weighted by Gasteiger charge is 2.63. The summed E-state index contributed by atoms with van der Waals surface area (Å²) >= 11 is 1.51. The highest BCUT2D eigenvalue weighted by atomic mass is 32.2. The molecule has 1 atom stereocenters. The Labute approximate surface area is 202 Å². The fourth-order valence-electron chi connectivity index (χ4n) is 4.80. The molecule has 1 fully saturated rings. The van der Waals surface area contributed by atoms with Crippen molar-refractivity contribution in [2.45, 2.75) is 36.9 Å². The maximum absolute atomic E-state index is 14.2. The number of hydrogen-bond donors (Lipinski definition) is 1. The van der Waals surface area contributed by atoms with Crippen molar-refractivity contribution in [2.75, 3.05) is 16.8 Å². The first-order valence-electron chi connectivity index (χ1n) is 11.2. The third kappa shape index (κ3) is 3.74. The molecule has 0 unspecified atom stereocenters. The maximum Gasteiger partial charge on any atom is 0.323 e. The molecular formula is C27H26FN3O2S. The summed E-state index contributed by atoms with van der Waals surface area (Å²) < 4.78 is 13.1. The number of aryl methyl sites for hydroxylation is 1. The summed E-state index contributed by atoms with van der Waals surface area (Å²) in [4.78, 5) is 30.0. The third-order valence-electron chi connectivity index (χ3n) is 6.21. The minimum Gasteiger partial charge on any atom is -0.308 e. The van der Waals surface area contributed by atoms with Crippen molar-refractivity contribution >= 4 is 35.1 Å². The molecule has 0 aromatic heterocycles. The Hall–Kier alpha value is -3.32. The third-order valence-corrected chi connectivity index (χ3v) is 7.80. The SMILES string of the molecule is Cc1cccc(NC(=O)N2CC(C)(C)S[C@]23C(=O)N(Cc2ccc(F)cc2)c2ccccc23)c1. The van der Waals surface area contributed by atoms with Crippen LogP contribution in [0.3, 0.4) is 0 Å². The Balaban J connectivity index is 1.55. The van der Waals surface area contributed by atoms with E-state index in [0.717, 1.165) is 22.4 Å². The van der Waals surface area contributed by atoms with Crippen LogP contribution in [-0.4, -0.2) is 28.1 Å². The average molecular weight is 476 g/mol. The Morgan fingerprint density at radius 2 is 1.79 bits per heavy atom. The van der Waals surface area contributed by atoms with Gasteiger partial charge < -0.3 is 10.2 Å². The van der Waals surface area contributed by atoms with Gasteiger partial charge in [0.25, 0.3) is 5.91 Å². The van der Waals surface area contributed by atoms with Crippen LogP contribution in [0.2, 0.25) is 0 Å². The van der Waals surface area contributed by atoms with Gasteiger partial charge in [0.05, 0.1) is 12.2 Å². The molecule has 5 rings (SSSR count). The lowest BCUT2D eigenvalue weighted by atomic mass is 10.0. The van der Waals surface area contributed by atoms with Crippen LogP contribution in [0.5, 0.6) is 0 Å². The second kappa shape index (κ2) is 8.17. The van der Waals surface area contributed by atoms with Gasteiger partial charge in [-0.25, -0.2) is 9.18 Å². The van der Waals surface area contributed by atoms with E-state index in [1.807, 2.05) is 55.5 Å². The van der Waals surface area contributed by atoms with Crippen molar-refractivity contribution in [1.82, 2.24) is 4.90 Å². The molecule has 7 heteroatoms. The van der Waals surface area contributed by atoms with E-state index >= 15 is 0 Å². The van der Waals surface area contributed by atoms with Gasteiger partial charge in [-0.15, -0.1) is 11.8 Å². The van der Waals surface area contributed by atoms with Crippen molar-refractivity contribution in [3.05, 3.63) is 95.3 Å². The molecule has 0 bridgehead atoms. The van der Waals surface area contributed by atoms with Crippen molar-refractivity contribution in [3.8, 4) is 0 Å². The molecule has 3 aromatic rings. The van der Waals surface area contributed by atoms with Crippen LogP contribution in [-0.2, 0) is 16.2 Å². The molecule has 0 aliphatic carbocycles. The second-order valence-electron chi connectivity index (χ2n) is 9.43. The Morgan fingerprint density at radius 1 is 1.06 bits per heavy atom. The summed E-state index contributed by atoms with van der Waals surface area (Å²) in [5.41, 5.74) is 4.13. The fraction of sp³-hybridized carbons (Fsp3) is 0.259. The van der Waals surface area contributed by atoms with Gasteiger partial charge in [0.2, 0.25) is 0 Å². The van der Waals surface area contributed by atoms with E-state index in [2.05, 4.69) is 19.2 Å². The number of amides is 3. The molecule has 0 saturated carbocycles. The van der Waals surface area contributed by atoms with Crippen molar-refractivity contribution in [1.29, 1.82) is 0 Å². The lowest BCUT2D eigenvalue weighted by Crippen LogP contribution is -2.51. The molecule has 2 heterocycles. The van der Waals surface area contributed by atoms with Gasteiger partial charge in [-0.3, -0.25) is 9.69 Å². The van der Waals surface area contributed by atoms with Crippen LogP contribution in [0.4, 0.5) is 20.6 Å². The molecular weight excluding hydrogens is 449 g/mol. The summed E-state index contributed by atoms with van der Waals surface area (Å²) in [6.45, 7) is 6.79. The maximum atomic E-state index is 14.2. The number of thioether (sulfide) groups is 1. The number of anilines is 2. The Kier molecular flexibility index (Phi) is 5.40. The van der Waals surface area contributed by atoms with Crippen LogP contribution in [0.15, 0.2) is 72.8 Å². The molecule has 5 nitrogen and oxygen atoms in total. The van der Waals surface area contributed by atoms with E-state index in [0.29, 0.717) is 18.8 Å². The number of benzene rings is 3. The highest BCUT2D eigenvalue weighted by molar-refractivity contribution is 8.02. The number of carbonyl (C=O) groups excluding carboxylic acids is 2. The summed E-state index contributed by atoms with van der Waals surface area (Å²) in [7, 11) is 0. The van der Waals surface area contributed by atoms with Crippen molar-refractivity contribution in [3.63, 3.8) is 0 Å². The predicted molar refractivity (Wildman–Crippen MR) is 134 cm³/mol. The van der Waals surface area contributed by atoms with Gasteiger partial charge in [-0.2, -0.15) is 0 Å². The van der Waals surface area contributed by atoms with E-state index in [1.165, 1.54) is 23.9 Å². The second-order valence-corrected chi connectivity index (χ2v) is 11.3. The summed E-state index contributed by atoms with van der Waals surface area (Å²) in [6.07, 6.45) is 0. The summed E-state index contributed by atoms with van der Waals surface area (Å²) in [5.74, 6) is -0.478. The normalized spacial score (nSPS) is 20.6. The number of urea groups is 1. The smallest absolute Gasteiger partial charge is 0.308 e. The predicted octanol–water partition coefficient (Wildman–Crippen LogP) is 5.89. The summed E-state index contributed by atoms with van der Waals surface area (Å²) in [5, 5.41) is 3.00. The molecule has 1 N–H and O–H groups in total. The number of para-hydroxylation sites is 1. The number of hydrogen-bond acceptors (Lipinski definition) is 3. The molecule has 3 amide bonds. The molecule has 0 radical (unpaired) electrons. The molecule has 1 saturated heterocycles. The van der Waals surface area contributed by atoms with E-state index in [-0.39, 0.29) is 22.5 Å². The molecule has 3 aromatic carbocycles. The zero-order chi connectivity index (χ0) is 24.1. The monoisotopic (exact) mass is 475 g/mol. The molecule has 2 aliphatic rings. The Morgan fingerprint density at radius 3 is 2.53 bits per heavy atom. The first-order chi connectivity index (χ1) is 16.2. The first-order valence-corrected chi connectivity index (χ1v) is 12.0. The van der Waals surface area contributed by atoms with Crippen LogP contribution < -0.4 is 10.2 Å². The van der Waals surface area contributed by atoms with Gasteiger partial charge in [-0.1, -0.05) is 42.5 Å². The number of nitrogens with zero attached hydrogens (tertiary/aromatic N) is 2. The number of halogens is 1. The number of rotatable bonds is 3. The van der Waals surface area contributed by atoms with Gasteiger partial charge in [0, 0.05) is 22.5 Å². The van der Waals surface area contributed by atoms with Crippen LogP contribution in [0.1, 0.15) is 30.5 Å². The van der Waals surface area contributed by atoms with Gasteiger partial charge in [0.1, 0.15) is 5.82 Å². The van der Waals surface area contributed by atoms with Crippen LogP contribution in [0.25, 0.3) is 0 Å². The lowest BCUT2D eigenvalue weighted by molar-refractivity contribution is -0.123. The molecule has 1 spiro atoms. The molecule has 174 valence electrons. The number of carbonyl (C=O) groups is 2. The lowest BCUT2D eigenvalue weighted by Gasteiger charge is -2.33. The molecule has 34 heavy (non-hydrogen) atoms. The number of nitrogens with one attached hydrogen (secondary N) is 1. The minimum atomic E-state index is -1.17. The van der Waals surface area contributed by atoms with Gasteiger partial charge in [-0.05, 0) is 62.2 Å². The van der Waals surface area contributed by atoms with Crippen LogP contribution >= 0.6 is 11.8 Å². The van der Waals surface area contributed by atoms with E-state index in [4.69, 9.17) is 0 Å². The zero-order valence-electron chi connectivity index (χ0n) is 19.3. The summed E-state index contributed by atoms with van der Waals surface area (Å²) in [6, 6.07) is 21.1. The average Bonchev–Trinajstić information content (AvgIpc) is 3.22. The first kappa shape index (κ1) is 22.5. The number of fused-ring (bicyclic) bond motifs is 2. The van der Waals surface area contributed by atoms with Crippen molar-refractivity contribution < 1.29 is 14.0 Å². The van der Waals surface area contributed by atoms with Crippen LogP contribution in [0, 0.1) is 12.7 Å². The topological polar surface area (TPSA) is 52.7 Å².